The Kier molecular flexibility index (Phi) is 3.79. The smallest absolute Gasteiger partial charge is 0.241 e. The predicted molar refractivity (Wildman–Crippen MR) is 81.9 cm³/mol. The minimum Gasteiger partial charge on any atom is -0.378 e. The molecule has 4 unspecified atom stereocenters. The van der Waals surface area contributed by atoms with Gasteiger partial charge in [-0.15, -0.1) is 0 Å². The van der Waals surface area contributed by atoms with Crippen molar-refractivity contribution in [2.75, 3.05) is 19.7 Å². The molecule has 1 amide bonds. The maximum absolute atomic E-state index is 12.7. The van der Waals surface area contributed by atoms with Crippen LogP contribution in [0.25, 0.3) is 0 Å². The van der Waals surface area contributed by atoms with Gasteiger partial charge in [0.25, 0.3) is 0 Å². The average molecular weight is 295 g/mol. The lowest BCUT2D eigenvalue weighted by Crippen LogP contribution is -2.76. The minimum atomic E-state index is -0.793. The average Bonchev–Trinajstić information content (AvgIpc) is 3.03. The Balaban J connectivity index is 1.63. The first-order chi connectivity index (χ1) is 9.90. The van der Waals surface area contributed by atoms with Crippen molar-refractivity contribution < 1.29 is 9.53 Å². The Hall–Kier alpha value is -0.650. The summed E-state index contributed by atoms with van der Waals surface area (Å²) in [6.07, 6.45) is 4.23. The molecule has 0 bridgehead atoms. The third-order valence-electron chi connectivity index (χ3n) is 6.16. The highest BCUT2D eigenvalue weighted by Gasteiger charge is 2.63. The molecule has 0 aromatic carbocycles. The molecule has 21 heavy (non-hydrogen) atoms. The molecule has 2 aliphatic heterocycles. The van der Waals surface area contributed by atoms with E-state index in [-0.39, 0.29) is 23.5 Å². The number of rotatable bonds is 4. The molecule has 0 spiro atoms. The van der Waals surface area contributed by atoms with Crippen LogP contribution < -0.4 is 11.1 Å². The van der Waals surface area contributed by atoms with Gasteiger partial charge in [0.2, 0.25) is 5.91 Å². The number of nitrogens with two attached hydrogens (primary N) is 1. The highest BCUT2D eigenvalue weighted by Crippen LogP contribution is 2.50. The molecule has 5 nitrogen and oxygen atoms in total. The van der Waals surface area contributed by atoms with Crippen LogP contribution in [0.2, 0.25) is 0 Å². The molecule has 1 aliphatic carbocycles. The second-order valence-electron chi connectivity index (χ2n) is 7.46. The van der Waals surface area contributed by atoms with Crippen molar-refractivity contribution in [2.45, 2.75) is 70.2 Å². The lowest BCUT2D eigenvalue weighted by atomic mass is 9.54. The third-order valence-corrected chi connectivity index (χ3v) is 6.16. The number of hydrogen-bond donors (Lipinski definition) is 2. The summed E-state index contributed by atoms with van der Waals surface area (Å²) in [6.45, 7) is 9.05. The van der Waals surface area contributed by atoms with Gasteiger partial charge in [-0.2, -0.15) is 0 Å². The topological polar surface area (TPSA) is 67.6 Å². The number of nitrogens with one attached hydrogen (secondary N) is 1. The van der Waals surface area contributed by atoms with Crippen molar-refractivity contribution in [3.63, 3.8) is 0 Å². The fourth-order valence-electron chi connectivity index (χ4n) is 4.37. The van der Waals surface area contributed by atoms with Crippen LogP contribution in [0.4, 0.5) is 0 Å². The number of carbonyl (C=O) groups is 1. The van der Waals surface area contributed by atoms with E-state index in [0.29, 0.717) is 19.1 Å². The van der Waals surface area contributed by atoms with E-state index in [4.69, 9.17) is 10.5 Å². The van der Waals surface area contributed by atoms with Crippen LogP contribution in [-0.2, 0) is 9.53 Å². The van der Waals surface area contributed by atoms with Gasteiger partial charge in [0.15, 0.2) is 0 Å². The van der Waals surface area contributed by atoms with Gasteiger partial charge < -0.3 is 15.8 Å². The first-order valence-electron chi connectivity index (χ1n) is 8.35. The molecule has 5 heteroatoms. The summed E-state index contributed by atoms with van der Waals surface area (Å²) in [5.41, 5.74) is 5.36. The summed E-state index contributed by atoms with van der Waals surface area (Å²) >= 11 is 0. The van der Waals surface area contributed by atoms with E-state index in [2.05, 4.69) is 10.2 Å². The fraction of sp³-hybridized carbons (Fsp3) is 0.938. The molecule has 3 fully saturated rings. The lowest BCUT2D eigenvalue weighted by Gasteiger charge is -2.57. The largest absolute Gasteiger partial charge is 0.378 e. The summed E-state index contributed by atoms with van der Waals surface area (Å²) in [6, 6.07) is 0.811. The maximum Gasteiger partial charge on any atom is 0.241 e. The molecule has 3 aliphatic rings. The standard InChI is InChI=1S/C16H29N3O2/c1-4-21-13-10-16(17,15(13,2)3)14(20)18-11-7-9-19-8-5-6-12(11)19/h11-13H,4-10,17H2,1-3H3,(H,18,20). The first-order valence-corrected chi connectivity index (χ1v) is 8.35. The second-order valence-corrected chi connectivity index (χ2v) is 7.46. The van der Waals surface area contributed by atoms with Crippen molar-refractivity contribution in [3.8, 4) is 0 Å². The predicted octanol–water partition coefficient (Wildman–Crippen LogP) is 0.872. The summed E-state index contributed by atoms with van der Waals surface area (Å²) in [5.74, 6) is 0.0159. The van der Waals surface area contributed by atoms with Crippen molar-refractivity contribution in [3.05, 3.63) is 0 Å². The Bertz CT molecular complexity index is 426. The Morgan fingerprint density at radius 1 is 1.38 bits per heavy atom. The van der Waals surface area contributed by atoms with E-state index >= 15 is 0 Å². The summed E-state index contributed by atoms with van der Waals surface area (Å²) in [4.78, 5) is 15.2. The lowest BCUT2D eigenvalue weighted by molar-refractivity contribution is -0.171. The van der Waals surface area contributed by atoms with Gasteiger partial charge in [0, 0.05) is 37.1 Å². The molecule has 3 rings (SSSR count). The quantitative estimate of drug-likeness (QED) is 0.807. The maximum atomic E-state index is 12.7. The van der Waals surface area contributed by atoms with E-state index in [0.717, 1.165) is 13.0 Å². The van der Waals surface area contributed by atoms with Crippen LogP contribution in [0.15, 0.2) is 0 Å². The van der Waals surface area contributed by atoms with E-state index < -0.39 is 5.54 Å². The molecular weight excluding hydrogens is 266 g/mol. The molecule has 0 radical (unpaired) electrons. The zero-order valence-corrected chi connectivity index (χ0v) is 13.5. The molecule has 120 valence electrons. The van der Waals surface area contributed by atoms with Gasteiger partial charge >= 0.3 is 0 Å². The molecule has 0 aromatic heterocycles. The van der Waals surface area contributed by atoms with Gasteiger partial charge in [-0.05, 0) is 32.7 Å². The highest BCUT2D eigenvalue weighted by molar-refractivity contribution is 5.89. The number of fused-ring (bicyclic) bond motifs is 1. The summed E-state index contributed by atoms with van der Waals surface area (Å²) in [7, 11) is 0. The normalized spacial score (nSPS) is 41.6. The van der Waals surface area contributed by atoms with Gasteiger partial charge in [-0.3, -0.25) is 9.69 Å². The van der Waals surface area contributed by atoms with Crippen molar-refractivity contribution in [1.82, 2.24) is 10.2 Å². The van der Waals surface area contributed by atoms with E-state index in [1.165, 1.54) is 19.4 Å². The van der Waals surface area contributed by atoms with Gasteiger partial charge in [-0.1, -0.05) is 13.8 Å². The molecular formula is C16H29N3O2. The summed E-state index contributed by atoms with van der Waals surface area (Å²) in [5, 5.41) is 3.25. The zero-order chi connectivity index (χ0) is 15.3. The van der Waals surface area contributed by atoms with E-state index in [1.54, 1.807) is 0 Å². The number of nitrogens with zero attached hydrogens (tertiary/aromatic N) is 1. The van der Waals surface area contributed by atoms with Crippen molar-refractivity contribution in [1.29, 1.82) is 0 Å². The number of amides is 1. The fourth-order valence-corrected chi connectivity index (χ4v) is 4.37. The monoisotopic (exact) mass is 295 g/mol. The Morgan fingerprint density at radius 3 is 2.81 bits per heavy atom. The first kappa shape index (κ1) is 15.3. The zero-order valence-electron chi connectivity index (χ0n) is 13.5. The van der Waals surface area contributed by atoms with Gasteiger partial charge in [0.05, 0.1) is 6.10 Å². The molecule has 1 saturated carbocycles. The van der Waals surface area contributed by atoms with Gasteiger partial charge in [0.1, 0.15) is 5.54 Å². The highest BCUT2D eigenvalue weighted by atomic mass is 16.5. The van der Waals surface area contributed by atoms with E-state index in [9.17, 15) is 4.79 Å². The van der Waals surface area contributed by atoms with Crippen LogP contribution in [-0.4, -0.2) is 54.2 Å². The van der Waals surface area contributed by atoms with Crippen LogP contribution in [0, 0.1) is 5.41 Å². The van der Waals surface area contributed by atoms with Crippen molar-refractivity contribution in [2.24, 2.45) is 11.1 Å². The van der Waals surface area contributed by atoms with Crippen molar-refractivity contribution >= 4 is 5.91 Å². The molecule has 3 N–H and O–H groups in total. The van der Waals surface area contributed by atoms with Crippen LogP contribution in [0.5, 0.6) is 0 Å². The van der Waals surface area contributed by atoms with Crippen LogP contribution in [0.3, 0.4) is 0 Å². The van der Waals surface area contributed by atoms with Crippen LogP contribution >= 0.6 is 0 Å². The second kappa shape index (κ2) is 5.21. The molecule has 2 saturated heterocycles. The third kappa shape index (κ3) is 2.21. The van der Waals surface area contributed by atoms with Gasteiger partial charge in [-0.25, -0.2) is 0 Å². The van der Waals surface area contributed by atoms with E-state index in [1.807, 2.05) is 20.8 Å². The SMILES string of the molecule is CCOC1CC(N)(C(=O)NC2CCN3CCCC23)C1(C)C. The molecule has 4 atom stereocenters. The molecule has 2 heterocycles. The Labute approximate surface area is 127 Å². The Morgan fingerprint density at radius 2 is 2.14 bits per heavy atom. The molecule has 0 aromatic rings. The minimum absolute atomic E-state index is 0.0159. The number of carbonyl (C=O) groups excluding carboxylic acids is 1. The number of ether oxygens (including phenoxy) is 1. The number of hydrogen-bond acceptors (Lipinski definition) is 4. The summed E-state index contributed by atoms with van der Waals surface area (Å²) < 4.78 is 5.71. The van der Waals surface area contributed by atoms with Crippen LogP contribution in [0.1, 0.15) is 46.5 Å².